The summed E-state index contributed by atoms with van der Waals surface area (Å²) < 4.78 is 38.6. The Bertz CT molecular complexity index is 489. The molecule has 20 heavy (non-hydrogen) atoms. The first-order chi connectivity index (χ1) is 9.39. The minimum Gasteiger partial charge on any atom is -0.384 e. The van der Waals surface area contributed by atoms with E-state index in [4.69, 9.17) is 11.1 Å². The van der Waals surface area contributed by atoms with Crippen LogP contribution in [0.15, 0.2) is 18.2 Å². The first-order valence-corrected chi connectivity index (χ1v) is 6.70. The molecule has 0 bridgehead atoms. The van der Waals surface area contributed by atoms with Gasteiger partial charge in [0.25, 0.3) is 0 Å². The van der Waals surface area contributed by atoms with Crippen LogP contribution in [0.25, 0.3) is 0 Å². The summed E-state index contributed by atoms with van der Waals surface area (Å²) in [6.07, 6.45) is -0.113. The molecular formula is C14H18F3N3. The Kier molecular flexibility index (Phi) is 4.20. The van der Waals surface area contributed by atoms with E-state index in [1.54, 1.807) is 0 Å². The number of rotatable bonds is 2. The first-order valence-electron chi connectivity index (χ1n) is 6.70. The third-order valence-electron chi connectivity index (χ3n) is 3.57. The fraction of sp³-hybridized carbons (Fsp3) is 0.500. The van der Waals surface area contributed by atoms with Crippen LogP contribution in [0.1, 0.15) is 36.8 Å². The first kappa shape index (κ1) is 14.7. The lowest BCUT2D eigenvalue weighted by atomic mass is 10.0. The lowest BCUT2D eigenvalue weighted by Gasteiger charge is -2.24. The highest BCUT2D eigenvalue weighted by molar-refractivity contribution is 5.97. The molecule has 0 aromatic heterocycles. The molecule has 1 aliphatic rings. The van der Waals surface area contributed by atoms with Crippen molar-refractivity contribution in [2.45, 2.75) is 31.9 Å². The number of nitrogens with zero attached hydrogens (tertiary/aromatic N) is 1. The maximum Gasteiger partial charge on any atom is 0.417 e. The van der Waals surface area contributed by atoms with Crippen LogP contribution >= 0.6 is 0 Å². The number of anilines is 1. The molecule has 1 fully saturated rings. The molecule has 2 rings (SSSR count). The van der Waals surface area contributed by atoms with Gasteiger partial charge in [0, 0.05) is 24.3 Å². The van der Waals surface area contributed by atoms with E-state index < -0.39 is 17.6 Å². The van der Waals surface area contributed by atoms with E-state index in [1.165, 1.54) is 12.1 Å². The van der Waals surface area contributed by atoms with Crippen molar-refractivity contribution in [3.05, 3.63) is 29.3 Å². The highest BCUT2D eigenvalue weighted by Crippen LogP contribution is 2.34. The molecule has 0 radical (unpaired) electrons. The predicted molar refractivity (Wildman–Crippen MR) is 73.1 cm³/mol. The Balaban J connectivity index is 2.36. The smallest absolute Gasteiger partial charge is 0.384 e. The fourth-order valence-corrected chi connectivity index (χ4v) is 2.53. The van der Waals surface area contributed by atoms with Gasteiger partial charge in [0.15, 0.2) is 0 Å². The number of halogens is 3. The van der Waals surface area contributed by atoms with Crippen LogP contribution in [0.5, 0.6) is 0 Å². The second-order valence-corrected chi connectivity index (χ2v) is 5.04. The number of hydrogen-bond donors (Lipinski definition) is 2. The van der Waals surface area contributed by atoms with Crippen molar-refractivity contribution in [1.82, 2.24) is 0 Å². The van der Waals surface area contributed by atoms with Gasteiger partial charge in [-0.2, -0.15) is 13.2 Å². The highest BCUT2D eigenvalue weighted by Gasteiger charge is 2.34. The van der Waals surface area contributed by atoms with Gasteiger partial charge in [-0.25, -0.2) is 0 Å². The van der Waals surface area contributed by atoms with Crippen LogP contribution in [-0.2, 0) is 6.18 Å². The Morgan fingerprint density at radius 2 is 1.70 bits per heavy atom. The average Bonchev–Trinajstić information content (AvgIpc) is 2.65. The number of nitrogens with one attached hydrogen (secondary N) is 1. The second-order valence-electron chi connectivity index (χ2n) is 5.04. The SMILES string of the molecule is N=C(N)c1cc(N2CCCCCC2)ccc1C(F)(F)F. The number of amidine groups is 1. The molecule has 110 valence electrons. The van der Waals surface area contributed by atoms with E-state index in [2.05, 4.69) is 4.90 Å². The summed E-state index contributed by atoms with van der Waals surface area (Å²) in [7, 11) is 0. The molecule has 0 aliphatic carbocycles. The molecule has 0 unspecified atom stereocenters. The minimum absolute atomic E-state index is 0.237. The van der Waals surface area contributed by atoms with Crippen LogP contribution in [0.2, 0.25) is 0 Å². The molecule has 1 aromatic rings. The van der Waals surface area contributed by atoms with E-state index >= 15 is 0 Å². The number of nitrogens with two attached hydrogens (primary N) is 1. The van der Waals surface area contributed by atoms with Gasteiger partial charge < -0.3 is 10.6 Å². The van der Waals surface area contributed by atoms with Crippen LogP contribution < -0.4 is 10.6 Å². The molecule has 1 heterocycles. The second kappa shape index (κ2) is 5.73. The Hall–Kier alpha value is -1.72. The van der Waals surface area contributed by atoms with E-state index in [0.717, 1.165) is 44.8 Å². The molecule has 0 saturated carbocycles. The molecule has 1 saturated heterocycles. The Morgan fingerprint density at radius 3 is 2.20 bits per heavy atom. The largest absolute Gasteiger partial charge is 0.417 e. The number of nitrogen functional groups attached to an aromatic ring is 1. The van der Waals surface area contributed by atoms with Crippen LogP contribution in [0.3, 0.4) is 0 Å². The van der Waals surface area contributed by atoms with Gasteiger partial charge in [-0.3, -0.25) is 5.41 Å². The molecule has 0 spiro atoms. The lowest BCUT2D eigenvalue weighted by Crippen LogP contribution is -2.25. The van der Waals surface area contributed by atoms with Gasteiger partial charge in [0.1, 0.15) is 5.84 Å². The third-order valence-corrected chi connectivity index (χ3v) is 3.57. The van der Waals surface area contributed by atoms with E-state index in [1.807, 2.05) is 0 Å². The molecule has 1 aliphatic heterocycles. The van der Waals surface area contributed by atoms with E-state index in [-0.39, 0.29) is 5.56 Å². The molecule has 1 aromatic carbocycles. The van der Waals surface area contributed by atoms with Crippen molar-refractivity contribution in [1.29, 1.82) is 5.41 Å². The monoisotopic (exact) mass is 285 g/mol. The molecule has 0 amide bonds. The number of benzene rings is 1. The van der Waals surface area contributed by atoms with Gasteiger partial charge >= 0.3 is 6.18 Å². The molecule has 3 N–H and O–H groups in total. The van der Waals surface area contributed by atoms with Crippen LogP contribution in [0, 0.1) is 5.41 Å². The molecule has 3 nitrogen and oxygen atoms in total. The maximum absolute atomic E-state index is 12.9. The summed E-state index contributed by atoms with van der Waals surface area (Å²) in [5.41, 5.74) is 4.94. The Labute approximate surface area is 116 Å². The molecule has 0 atom stereocenters. The van der Waals surface area contributed by atoms with Crippen molar-refractivity contribution in [3.63, 3.8) is 0 Å². The molecular weight excluding hydrogens is 267 g/mol. The summed E-state index contributed by atoms with van der Waals surface area (Å²) in [6, 6.07) is 3.88. The van der Waals surface area contributed by atoms with Crippen molar-refractivity contribution >= 4 is 11.5 Å². The topological polar surface area (TPSA) is 53.1 Å². The van der Waals surface area contributed by atoms with Gasteiger partial charge in [-0.15, -0.1) is 0 Å². The van der Waals surface area contributed by atoms with Crippen molar-refractivity contribution < 1.29 is 13.2 Å². The van der Waals surface area contributed by atoms with Crippen molar-refractivity contribution in [2.75, 3.05) is 18.0 Å². The number of alkyl halides is 3. The highest BCUT2D eigenvalue weighted by atomic mass is 19.4. The standard InChI is InChI=1S/C14H18F3N3/c15-14(16,17)12-6-5-10(9-11(12)13(18)19)20-7-3-1-2-4-8-20/h5-6,9H,1-4,7-8H2,(H3,18,19). The summed E-state index contributed by atoms with van der Waals surface area (Å²) in [5.74, 6) is -0.547. The van der Waals surface area contributed by atoms with E-state index in [9.17, 15) is 13.2 Å². The van der Waals surface area contributed by atoms with Crippen LogP contribution in [0.4, 0.5) is 18.9 Å². The Morgan fingerprint density at radius 1 is 1.10 bits per heavy atom. The zero-order chi connectivity index (χ0) is 14.8. The van der Waals surface area contributed by atoms with Gasteiger partial charge in [-0.05, 0) is 31.0 Å². The third kappa shape index (κ3) is 3.23. The average molecular weight is 285 g/mol. The normalized spacial score (nSPS) is 16.9. The van der Waals surface area contributed by atoms with Crippen LogP contribution in [-0.4, -0.2) is 18.9 Å². The molecule has 6 heteroatoms. The summed E-state index contributed by atoms with van der Waals surface area (Å²) in [6.45, 7) is 1.67. The van der Waals surface area contributed by atoms with Gasteiger partial charge in [0.2, 0.25) is 0 Å². The summed E-state index contributed by atoms with van der Waals surface area (Å²) in [5, 5.41) is 7.37. The summed E-state index contributed by atoms with van der Waals surface area (Å²) >= 11 is 0. The quantitative estimate of drug-likeness (QED) is 0.646. The minimum atomic E-state index is -4.49. The van der Waals surface area contributed by atoms with Crippen molar-refractivity contribution in [3.8, 4) is 0 Å². The van der Waals surface area contributed by atoms with Gasteiger partial charge in [-0.1, -0.05) is 12.8 Å². The fourth-order valence-electron chi connectivity index (χ4n) is 2.53. The zero-order valence-corrected chi connectivity index (χ0v) is 11.1. The van der Waals surface area contributed by atoms with Crippen molar-refractivity contribution in [2.24, 2.45) is 5.73 Å². The zero-order valence-electron chi connectivity index (χ0n) is 11.1. The summed E-state index contributed by atoms with van der Waals surface area (Å²) in [4.78, 5) is 2.07. The maximum atomic E-state index is 12.9. The van der Waals surface area contributed by atoms with E-state index in [0.29, 0.717) is 5.69 Å². The number of hydrogen-bond acceptors (Lipinski definition) is 2. The van der Waals surface area contributed by atoms with Gasteiger partial charge in [0.05, 0.1) is 5.56 Å². The lowest BCUT2D eigenvalue weighted by molar-refractivity contribution is -0.137. The predicted octanol–water partition coefficient (Wildman–Crippen LogP) is 3.37.